The van der Waals surface area contributed by atoms with Crippen LogP contribution in [0.2, 0.25) is 0 Å². The third-order valence-corrected chi connectivity index (χ3v) is 1.62. The summed E-state index contributed by atoms with van der Waals surface area (Å²) in [5.41, 5.74) is 1.43. The Kier molecular flexibility index (Phi) is 1.52. The summed E-state index contributed by atoms with van der Waals surface area (Å²) in [6.07, 6.45) is 5.32. The molecule has 0 saturated carbocycles. The largest absolute Gasteiger partial charge is 0.473 e. The minimum absolute atomic E-state index is 0.559. The number of hydrogen-bond donors (Lipinski definition) is 0. The van der Waals surface area contributed by atoms with E-state index in [0.29, 0.717) is 18.1 Å². The summed E-state index contributed by atoms with van der Waals surface area (Å²) in [4.78, 5) is 3.99. The molecule has 3 heteroatoms. The van der Waals surface area contributed by atoms with Crippen LogP contribution in [0.25, 0.3) is 6.08 Å². The van der Waals surface area contributed by atoms with Crippen molar-refractivity contribution in [2.75, 3.05) is 6.61 Å². The van der Waals surface area contributed by atoms with Crippen molar-refractivity contribution in [2.24, 2.45) is 0 Å². The molecule has 0 atom stereocenters. The molecule has 1 aliphatic rings. The molecule has 0 N–H and O–H groups in total. The summed E-state index contributed by atoms with van der Waals surface area (Å²) < 4.78 is 5.22. The molecule has 0 aliphatic carbocycles. The van der Waals surface area contributed by atoms with Crippen LogP contribution in [-0.2, 0) is 0 Å². The number of aromatic nitrogens is 1. The minimum Gasteiger partial charge on any atom is -0.473 e. The summed E-state index contributed by atoms with van der Waals surface area (Å²) >= 11 is 0. The molecule has 0 bridgehead atoms. The first-order valence-corrected chi connectivity index (χ1v) is 3.59. The van der Waals surface area contributed by atoms with E-state index < -0.39 is 0 Å². The first-order chi connectivity index (χ1) is 5.90. The van der Waals surface area contributed by atoms with E-state index in [9.17, 15) is 0 Å². The van der Waals surface area contributed by atoms with Crippen molar-refractivity contribution in [1.82, 2.24) is 4.98 Å². The van der Waals surface area contributed by atoms with Gasteiger partial charge in [0, 0.05) is 11.8 Å². The van der Waals surface area contributed by atoms with E-state index in [1.54, 1.807) is 6.07 Å². The van der Waals surface area contributed by atoms with Crippen molar-refractivity contribution in [2.45, 2.75) is 0 Å². The number of nitriles is 1. The molecular weight excluding hydrogens is 152 g/mol. The first kappa shape index (κ1) is 6.86. The van der Waals surface area contributed by atoms with Gasteiger partial charge in [-0.05, 0) is 12.1 Å². The molecule has 2 rings (SSSR count). The summed E-state index contributed by atoms with van der Waals surface area (Å²) in [5, 5.41) is 8.58. The average molecular weight is 158 g/mol. The van der Waals surface area contributed by atoms with E-state index in [1.165, 1.54) is 6.20 Å². The van der Waals surface area contributed by atoms with E-state index in [2.05, 4.69) is 4.98 Å². The van der Waals surface area contributed by atoms with Crippen LogP contribution in [0.3, 0.4) is 0 Å². The zero-order valence-electron chi connectivity index (χ0n) is 6.32. The smallest absolute Gasteiger partial charge is 0.221 e. The van der Waals surface area contributed by atoms with Crippen molar-refractivity contribution in [3.8, 4) is 11.9 Å². The molecule has 1 aromatic heterocycles. The van der Waals surface area contributed by atoms with Crippen LogP contribution in [0, 0.1) is 11.3 Å². The molecule has 0 fully saturated rings. The third-order valence-electron chi connectivity index (χ3n) is 1.62. The number of rotatable bonds is 0. The highest BCUT2D eigenvalue weighted by Crippen LogP contribution is 2.20. The first-order valence-electron chi connectivity index (χ1n) is 3.59. The van der Waals surface area contributed by atoms with Crippen LogP contribution < -0.4 is 4.74 Å². The van der Waals surface area contributed by atoms with Crippen LogP contribution in [0.4, 0.5) is 0 Å². The van der Waals surface area contributed by atoms with Crippen LogP contribution in [0.1, 0.15) is 11.1 Å². The fraction of sp³-hybridized carbons (Fsp3) is 0.111. The van der Waals surface area contributed by atoms with Gasteiger partial charge in [-0.15, -0.1) is 0 Å². The van der Waals surface area contributed by atoms with Crippen molar-refractivity contribution >= 4 is 6.08 Å². The Morgan fingerprint density at radius 2 is 2.50 bits per heavy atom. The SMILES string of the molecule is N#Cc1cnc2c(c1)C=CCO2. The van der Waals surface area contributed by atoms with Gasteiger partial charge in [-0.3, -0.25) is 0 Å². The van der Waals surface area contributed by atoms with E-state index in [0.717, 1.165) is 5.56 Å². The molecule has 3 nitrogen and oxygen atoms in total. The highest BCUT2D eigenvalue weighted by atomic mass is 16.5. The summed E-state index contributed by atoms with van der Waals surface area (Å²) in [5.74, 6) is 0.608. The molecule has 0 aromatic carbocycles. The van der Waals surface area contributed by atoms with Crippen molar-refractivity contribution in [3.05, 3.63) is 29.5 Å². The Balaban J connectivity index is 2.53. The van der Waals surface area contributed by atoms with Gasteiger partial charge in [0.2, 0.25) is 5.88 Å². The summed E-state index contributed by atoms with van der Waals surface area (Å²) in [7, 11) is 0. The van der Waals surface area contributed by atoms with Gasteiger partial charge in [-0.25, -0.2) is 4.98 Å². The number of pyridine rings is 1. The lowest BCUT2D eigenvalue weighted by Gasteiger charge is -2.09. The summed E-state index contributed by atoms with van der Waals surface area (Å²) in [6, 6.07) is 3.79. The predicted molar refractivity (Wildman–Crippen MR) is 43.5 cm³/mol. The molecule has 12 heavy (non-hydrogen) atoms. The third kappa shape index (κ3) is 1.04. The monoisotopic (exact) mass is 158 g/mol. The van der Waals surface area contributed by atoms with E-state index >= 15 is 0 Å². The maximum Gasteiger partial charge on any atom is 0.221 e. The Morgan fingerprint density at radius 1 is 1.58 bits per heavy atom. The van der Waals surface area contributed by atoms with Gasteiger partial charge < -0.3 is 4.74 Å². The lowest BCUT2D eigenvalue weighted by Crippen LogP contribution is -2.02. The standard InChI is InChI=1S/C9H6N2O/c10-5-7-4-8-2-1-3-12-9(8)11-6-7/h1-2,4,6H,3H2. The number of hydrogen-bond acceptors (Lipinski definition) is 3. The molecule has 0 radical (unpaired) electrons. The summed E-state index contributed by atoms with van der Waals surface area (Å²) in [6.45, 7) is 0.561. The van der Waals surface area contributed by atoms with Crippen molar-refractivity contribution < 1.29 is 4.74 Å². The van der Waals surface area contributed by atoms with Gasteiger partial charge in [0.05, 0.1) is 5.56 Å². The van der Waals surface area contributed by atoms with Gasteiger partial charge in [0.1, 0.15) is 12.7 Å². The Bertz CT molecular complexity index is 377. The number of fused-ring (bicyclic) bond motifs is 1. The number of nitrogens with zero attached hydrogens (tertiary/aromatic N) is 2. The lowest BCUT2D eigenvalue weighted by atomic mass is 10.2. The second kappa shape index (κ2) is 2.67. The van der Waals surface area contributed by atoms with Crippen LogP contribution in [0.5, 0.6) is 5.88 Å². The molecule has 1 aromatic rings. The second-order valence-electron chi connectivity index (χ2n) is 2.44. The lowest BCUT2D eigenvalue weighted by molar-refractivity contribution is 0.344. The van der Waals surface area contributed by atoms with Crippen LogP contribution in [-0.4, -0.2) is 11.6 Å². The predicted octanol–water partition coefficient (Wildman–Crippen LogP) is 1.36. The van der Waals surface area contributed by atoms with Crippen molar-refractivity contribution in [1.29, 1.82) is 5.26 Å². The average Bonchev–Trinajstić information content (AvgIpc) is 2.17. The molecule has 0 unspecified atom stereocenters. The molecule has 0 saturated heterocycles. The Labute approximate surface area is 69.9 Å². The fourth-order valence-electron chi connectivity index (χ4n) is 1.07. The highest BCUT2D eigenvalue weighted by Gasteiger charge is 2.06. The quantitative estimate of drug-likeness (QED) is 0.572. The fourth-order valence-corrected chi connectivity index (χ4v) is 1.07. The number of ether oxygens (including phenoxy) is 1. The zero-order valence-corrected chi connectivity index (χ0v) is 6.32. The van der Waals surface area contributed by atoms with Gasteiger partial charge in [-0.1, -0.05) is 6.08 Å². The zero-order chi connectivity index (χ0) is 8.39. The Morgan fingerprint density at radius 3 is 3.33 bits per heavy atom. The molecule has 58 valence electrons. The van der Waals surface area contributed by atoms with E-state index in [1.807, 2.05) is 18.2 Å². The second-order valence-corrected chi connectivity index (χ2v) is 2.44. The topological polar surface area (TPSA) is 45.9 Å². The highest BCUT2D eigenvalue weighted by molar-refractivity contribution is 5.58. The Hall–Kier alpha value is -1.82. The van der Waals surface area contributed by atoms with Crippen LogP contribution >= 0.6 is 0 Å². The molecular formula is C9H6N2O. The normalized spacial score (nSPS) is 12.9. The minimum atomic E-state index is 0.559. The molecule has 0 spiro atoms. The van der Waals surface area contributed by atoms with Crippen LogP contribution in [0.15, 0.2) is 18.3 Å². The molecule has 0 amide bonds. The maximum atomic E-state index is 8.58. The van der Waals surface area contributed by atoms with E-state index in [-0.39, 0.29) is 0 Å². The van der Waals surface area contributed by atoms with Gasteiger partial charge in [-0.2, -0.15) is 5.26 Å². The van der Waals surface area contributed by atoms with Crippen molar-refractivity contribution in [3.63, 3.8) is 0 Å². The van der Waals surface area contributed by atoms with Gasteiger partial charge in [0.15, 0.2) is 0 Å². The van der Waals surface area contributed by atoms with Gasteiger partial charge in [0.25, 0.3) is 0 Å². The van der Waals surface area contributed by atoms with Gasteiger partial charge >= 0.3 is 0 Å². The van der Waals surface area contributed by atoms with E-state index in [4.69, 9.17) is 10.00 Å². The molecule has 2 heterocycles. The molecule has 1 aliphatic heterocycles. The maximum absolute atomic E-state index is 8.58.